The number of aryl methyl sites for hydroxylation is 1. The van der Waals surface area contributed by atoms with Crippen LogP contribution >= 0.6 is 0 Å². The lowest BCUT2D eigenvalue weighted by atomic mass is 10.0. The van der Waals surface area contributed by atoms with Crippen LogP contribution in [-0.2, 0) is 0 Å². The molecule has 1 fully saturated rings. The Hall–Kier alpha value is -1.70. The van der Waals surface area contributed by atoms with Crippen LogP contribution in [0.2, 0.25) is 0 Å². The molecule has 0 amide bonds. The van der Waals surface area contributed by atoms with Crippen LogP contribution in [0.4, 0.5) is 4.39 Å². The number of aliphatic imine (C=N–C) groups is 1. The first-order valence-electron chi connectivity index (χ1n) is 7.21. The van der Waals surface area contributed by atoms with Gasteiger partial charge in [0.1, 0.15) is 5.82 Å². The highest BCUT2D eigenvalue weighted by Gasteiger charge is 2.24. The average molecular weight is 271 g/mol. The van der Waals surface area contributed by atoms with Crippen molar-refractivity contribution in [3.8, 4) is 0 Å². The molecule has 1 aromatic rings. The normalized spacial score (nSPS) is 16.4. The van der Waals surface area contributed by atoms with Crippen LogP contribution in [0.15, 0.2) is 47.5 Å². The van der Waals surface area contributed by atoms with Gasteiger partial charge in [-0.1, -0.05) is 30.9 Å². The SMILES string of the molecule is C=C/C(=C\C)C/N=C(\CC1CC1)c1ccc(C)c(F)c1. The van der Waals surface area contributed by atoms with Gasteiger partial charge in [-0.2, -0.15) is 0 Å². The maximum atomic E-state index is 13.7. The number of hydrogen-bond acceptors (Lipinski definition) is 1. The number of halogens is 1. The average Bonchev–Trinajstić information content (AvgIpc) is 3.25. The summed E-state index contributed by atoms with van der Waals surface area (Å²) in [6.45, 7) is 8.18. The fourth-order valence-corrected chi connectivity index (χ4v) is 2.10. The van der Waals surface area contributed by atoms with Gasteiger partial charge in [-0.05, 0) is 61.8 Å². The summed E-state index contributed by atoms with van der Waals surface area (Å²) in [6, 6.07) is 5.42. The van der Waals surface area contributed by atoms with E-state index in [2.05, 4.69) is 6.58 Å². The molecule has 106 valence electrons. The predicted octanol–water partition coefficient (Wildman–Crippen LogP) is 4.86. The van der Waals surface area contributed by atoms with Crippen molar-refractivity contribution in [1.29, 1.82) is 0 Å². The third-order valence-electron chi connectivity index (χ3n) is 3.77. The van der Waals surface area contributed by atoms with Crippen LogP contribution < -0.4 is 0 Å². The minimum Gasteiger partial charge on any atom is -0.284 e. The third-order valence-corrected chi connectivity index (χ3v) is 3.77. The maximum Gasteiger partial charge on any atom is 0.126 e. The van der Waals surface area contributed by atoms with Crippen molar-refractivity contribution in [1.82, 2.24) is 0 Å². The summed E-state index contributed by atoms with van der Waals surface area (Å²) >= 11 is 0. The number of allylic oxidation sites excluding steroid dienone is 1. The van der Waals surface area contributed by atoms with E-state index in [4.69, 9.17) is 4.99 Å². The molecule has 0 atom stereocenters. The Kier molecular flexibility index (Phi) is 4.89. The molecule has 0 aromatic heterocycles. The van der Waals surface area contributed by atoms with Crippen molar-refractivity contribution in [2.24, 2.45) is 10.9 Å². The van der Waals surface area contributed by atoms with Crippen LogP contribution in [0.1, 0.15) is 37.3 Å². The highest BCUT2D eigenvalue weighted by molar-refractivity contribution is 6.01. The lowest BCUT2D eigenvalue weighted by molar-refractivity contribution is 0.618. The smallest absolute Gasteiger partial charge is 0.126 e. The Morgan fingerprint density at radius 1 is 1.45 bits per heavy atom. The van der Waals surface area contributed by atoms with Gasteiger partial charge in [-0.15, -0.1) is 0 Å². The van der Waals surface area contributed by atoms with E-state index >= 15 is 0 Å². The molecule has 2 rings (SSSR count). The number of benzene rings is 1. The highest BCUT2D eigenvalue weighted by Crippen LogP contribution is 2.34. The lowest BCUT2D eigenvalue weighted by Crippen LogP contribution is -2.05. The highest BCUT2D eigenvalue weighted by atomic mass is 19.1. The molecule has 1 aromatic carbocycles. The molecule has 1 saturated carbocycles. The minimum atomic E-state index is -0.152. The van der Waals surface area contributed by atoms with Crippen LogP contribution in [0.5, 0.6) is 0 Å². The summed E-state index contributed by atoms with van der Waals surface area (Å²) in [5.74, 6) is 0.580. The van der Waals surface area contributed by atoms with Crippen molar-refractivity contribution in [3.05, 3.63) is 59.4 Å². The van der Waals surface area contributed by atoms with E-state index < -0.39 is 0 Å². The molecule has 0 N–H and O–H groups in total. The van der Waals surface area contributed by atoms with Crippen LogP contribution in [0.25, 0.3) is 0 Å². The van der Waals surface area contributed by atoms with Crippen molar-refractivity contribution in [3.63, 3.8) is 0 Å². The molecular weight excluding hydrogens is 249 g/mol. The first-order chi connectivity index (χ1) is 9.63. The van der Waals surface area contributed by atoms with Gasteiger partial charge in [-0.25, -0.2) is 4.39 Å². The number of nitrogens with zero attached hydrogens (tertiary/aromatic N) is 1. The van der Waals surface area contributed by atoms with E-state index in [0.717, 1.165) is 29.2 Å². The molecule has 0 bridgehead atoms. The Morgan fingerprint density at radius 2 is 2.20 bits per heavy atom. The summed E-state index contributed by atoms with van der Waals surface area (Å²) in [6.07, 6.45) is 7.34. The lowest BCUT2D eigenvalue weighted by Gasteiger charge is -2.08. The van der Waals surface area contributed by atoms with Gasteiger partial charge in [-0.3, -0.25) is 4.99 Å². The summed E-state index contributed by atoms with van der Waals surface area (Å²) in [7, 11) is 0. The van der Waals surface area contributed by atoms with Crippen molar-refractivity contribution in [2.75, 3.05) is 6.54 Å². The second-order valence-corrected chi connectivity index (χ2v) is 5.44. The Bertz CT molecular complexity index is 551. The zero-order valence-electron chi connectivity index (χ0n) is 12.3. The van der Waals surface area contributed by atoms with E-state index in [1.54, 1.807) is 13.0 Å². The van der Waals surface area contributed by atoms with E-state index in [1.807, 2.05) is 31.2 Å². The van der Waals surface area contributed by atoms with Gasteiger partial charge in [0, 0.05) is 5.71 Å². The second kappa shape index (κ2) is 6.65. The monoisotopic (exact) mass is 271 g/mol. The van der Waals surface area contributed by atoms with Crippen molar-refractivity contribution < 1.29 is 4.39 Å². The molecule has 1 nitrogen and oxygen atoms in total. The minimum absolute atomic E-state index is 0.152. The predicted molar refractivity (Wildman–Crippen MR) is 83.8 cm³/mol. The van der Waals surface area contributed by atoms with Gasteiger partial charge in [0.25, 0.3) is 0 Å². The molecular formula is C18H22FN. The molecule has 0 spiro atoms. The fraction of sp³-hybridized carbons (Fsp3) is 0.389. The van der Waals surface area contributed by atoms with Gasteiger partial charge in [0.2, 0.25) is 0 Å². The summed E-state index contributed by atoms with van der Waals surface area (Å²) < 4.78 is 13.7. The Morgan fingerprint density at radius 3 is 2.75 bits per heavy atom. The van der Waals surface area contributed by atoms with Crippen LogP contribution in [0, 0.1) is 18.7 Å². The third kappa shape index (κ3) is 3.89. The standard InChI is InChI=1S/C18H22FN/c1-4-14(5-2)12-20-18(10-15-7-8-15)16-9-6-13(3)17(19)11-16/h4-6,9,11,15H,1,7-8,10,12H2,2-3H3/b14-5+,20-18+. The van der Waals surface area contributed by atoms with E-state index in [0.29, 0.717) is 12.1 Å². The zero-order chi connectivity index (χ0) is 14.5. The van der Waals surface area contributed by atoms with Gasteiger partial charge in [0.05, 0.1) is 6.54 Å². The number of hydrogen-bond donors (Lipinski definition) is 0. The van der Waals surface area contributed by atoms with Gasteiger partial charge < -0.3 is 0 Å². The molecule has 1 aliphatic carbocycles. The molecule has 0 aliphatic heterocycles. The first kappa shape index (κ1) is 14.7. The Labute approximate surface area is 120 Å². The van der Waals surface area contributed by atoms with Crippen molar-refractivity contribution in [2.45, 2.75) is 33.1 Å². The molecule has 2 heteroatoms. The summed E-state index contributed by atoms with van der Waals surface area (Å²) in [4.78, 5) is 4.70. The molecule has 0 radical (unpaired) electrons. The topological polar surface area (TPSA) is 12.4 Å². The Balaban J connectivity index is 2.23. The van der Waals surface area contributed by atoms with Crippen LogP contribution in [0.3, 0.4) is 0 Å². The first-order valence-corrected chi connectivity index (χ1v) is 7.21. The fourth-order valence-electron chi connectivity index (χ4n) is 2.10. The summed E-state index contributed by atoms with van der Waals surface area (Å²) in [5.41, 5.74) is 3.72. The zero-order valence-corrected chi connectivity index (χ0v) is 12.3. The quantitative estimate of drug-likeness (QED) is 0.518. The number of rotatable bonds is 6. The van der Waals surface area contributed by atoms with E-state index in [-0.39, 0.29) is 5.82 Å². The van der Waals surface area contributed by atoms with Gasteiger partial charge >= 0.3 is 0 Å². The molecule has 20 heavy (non-hydrogen) atoms. The second-order valence-electron chi connectivity index (χ2n) is 5.44. The molecule has 0 saturated heterocycles. The van der Waals surface area contributed by atoms with E-state index in [9.17, 15) is 4.39 Å². The van der Waals surface area contributed by atoms with Gasteiger partial charge in [0.15, 0.2) is 0 Å². The van der Waals surface area contributed by atoms with Crippen molar-refractivity contribution >= 4 is 5.71 Å². The maximum absolute atomic E-state index is 13.7. The largest absolute Gasteiger partial charge is 0.284 e. The van der Waals surface area contributed by atoms with Crippen LogP contribution in [-0.4, -0.2) is 12.3 Å². The van der Waals surface area contributed by atoms with E-state index in [1.165, 1.54) is 12.8 Å². The molecule has 0 heterocycles. The molecule has 0 unspecified atom stereocenters. The summed E-state index contributed by atoms with van der Waals surface area (Å²) in [5, 5.41) is 0. The molecule has 1 aliphatic rings.